The van der Waals surface area contributed by atoms with E-state index in [9.17, 15) is 0 Å². The SMILES string of the molecule is COc1cc(CNCc2ccccc2Cl)ccc1OCc1ccc(Cl)c(Cl)c1.Cl. The van der Waals surface area contributed by atoms with Gasteiger partial charge in [0.2, 0.25) is 0 Å². The Morgan fingerprint density at radius 3 is 2.24 bits per heavy atom. The number of rotatable bonds is 8. The number of halogens is 4. The van der Waals surface area contributed by atoms with E-state index in [1.807, 2.05) is 48.5 Å². The number of methoxy groups -OCH3 is 1. The van der Waals surface area contributed by atoms with Crippen LogP contribution in [0.25, 0.3) is 0 Å². The van der Waals surface area contributed by atoms with E-state index in [1.54, 1.807) is 19.2 Å². The van der Waals surface area contributed by atoms with Gasteiger partial charge in [-0.05, 0) is 47.0 Å². The van der Waals surface area contributed by atoms with Crippen molar-refractivity contribution in [3.05, 3.63) is 92.4 Å². The van der Waals surface area contributed by atoms with Crippen molar-refractivity contribution in [2.45, 2.75) is 19.7 Å². The summed E-state index contributed by atoms with van der Waals surface area (Å²) in [6.07, 6.45) is 0. The molecule has 3 rings (SSSR count). The van der Waals surface area contributed by atoms with Gasteiger partial charge in [0.05, 0.1) is 17.2 Å². The molecule has 0 aliphatic heterocycles. The maximum atomic E-state index is 6.19. The van der Waals surface area contributed by atoms with Crippen molar-refractivity contribution in [1.29, 1.82) is 0 Å². The lowest BCUT2D eigenvalue weighted by molar-refractivity contribution is 0.284. The monoisotopic (exact) mass is 471 g/mol. The van der Waals surface area contributed by atoms with Crippen molar-refractivity contribution in [1.82, 2.24) is 5.32 Å². The highest BCUT2D eigenvalue weighted by Gasteiger charge is 2.08. The van der Waals surface area contributed by atoms with Crippen molar-refractivity contribution in [3.63, 3.8) is 0 Å². The molecular weight excluding hydrogens is 452 g/mol. The Kier molecular flexibility index (Phi) is 9.41. The Labute approximate surface area is 192 Å². The number of benzene rings is 3. The second kappa shape index (κ2) is 11.5. The summed E-state index contributed by atoms with van der Waals surface area (Å²) in [4.78, 5) is 0. The summed E-state index contributed by atoms with van der Waals surface area (Å²) < 4.78 is 11.4. The first-order chi connectivity index (χ1) is 13.6. The second-order valence-corrected chi connectivity index (χ2v) is 7.44. The molecule has 3 nitrogen and oxygen atoms in total. The molecule has 0 radical (unpaired) electrons. The van der Waals surface area contributed by atoms with Crippen molar-refractivity contribution in [3.8, 4) is 11.5 Å². The quantitative estimate of drug-likeness (QED) is 0.384. The van der Waals surface area contributed by atoms with Crippen LogP contribution in [0.3, 0.4) is 0 Å². The normalized spacial score (nSPS) is 10.3. The predicted octanol–water partition coefficient (Wildman–Crippen LogP) is 6.95. The molecule has 29 heavy (non-hydrogen) atoms. The van der Waals surface area contributed by atoms with Crippen LogP contribution in [0.2, 0.25) is 15.1 Å². The van der Waals surface area contributed by atoms with Crippen LogP contribution in [0.1, 0.15) is 16.7 Å². The highest BCUT2D eigenvalue weighted by atomic mass is 35.5. The topological polar surface area (TPSA) is 30.5 Å². The van der Waals surface area contributed by atoms with Gasteiger partial charge in [-0.15, -0.1) is 12.4 Å². The van der Waals surface area contributed by atoms with Gasteiger partial charge in [0.1, 0.15) is 6.61 Å². The lowest BCUT2D eigenvalue weighted by Crippen LogP contribution is -2.13. The number of hydrogen-bond acceptors (Lipinski definition) is 3. The van der Waals surface area contributed by atoms with Crippen LogP contribution in [0, 0.1) is 0 Å². The molecule has 0 aliphatic carbocycles. The first-order valence-electron chi connectivity index (χ1n) is 8.74. The highest BCUT2D eigenvalue weighted by molar-refractivity contribution is 6.42. The van der Waals surface area contributed by atoms with Gasteiger partial charge in [0.25, 0.3) is 0 Å². The van der Waals surface area contributed by atoms with Gasteiger partial charge in [0, 0.05) is 18.1 Å². The third-order valence-electron chi connectivity index (χ3n) is 4.21. The molecule has 0 aliphatic rings. The van der Waals surface area contributed by atoms with Crippen LogP contribution < -0.4 is 14.8 Å². The van der Waals surface area contributed by atoms with E-state index in [1.165, 1.54) is 0 Å². The molecule has 0 saturated heterocycles. The molecule has 0 spiro atoms. The van der Waals surface area contributed by atoms with E-state index in [0.717, 1.165) is 21.7 Å². The molecule has 7 heteroatoms. The molecule has 3 aromatic carbocycles. The Morgan fingerprint density at radius 1 is 0.759 bits per heavy atom. The zero-order chi connectivity index (χ0) is 19.9. The van der Waals surface area contributed by atoms with Gasteiger partial charge in [-0.3, -0.25) is 0 Å². The maximum absolute atomic E-state index is 6.19. The molecule has 3 aromatic rings. The Bertz CT molecular complexity index is 950. The molecule has 0 bridgehead atoms. The first-order valence-corrected chi connectivity index (χ1v) is 9.88. The molecular formula is C22H21Cl4NO2. The van der Waals surface area contributed by atoms with Gasteiger partial charge in [0.15, 0.2) is 11.5 Å². The lowest BCUT2D eigenvalue weighted by atomic mass is 10.2. The minimum absolute atomic E-state index is 0. The molecule has 0 aromatic heterocycles. The van der Waals surface area contributed by atoms with Crippen molar-refractivity contribution in [2.75, 3.05) is 7.11 Å². The van der Waals surface area contributed by atoms with Crippen LogP contribution in [-0.2, 0) is 19.7 Å². The van der Waals surface area contributed by atoms with Crippen LogP contribution >= 0.6 is 47.2 Å². The number of ether oxygens (including phenoxy) is 2. The average Bonchev–Trinajstić information content (AvgIpc) is 2.70. The third kappa shape index (κ3) is 6.70. The fourth-order valence-electron chi connectivity index (χ4n) is 2.71. The zero-order valence-electron chi connectivity index (χ0n) is 15.8. The van der Waals surface area contributed by atoms with Crippen molar-refractivity contribution >= 4 is 47.2 Å². The minimum atomic E-state index is 0. The summed E-state index contributed by atoms with van der Waals surface area (Å²) in [5, 5.41) is 5.19. The molecule has 0 atom stereocenters. The number of hydrogen-bond donors (Lipinski definition) is 1. The highest BCUT2D eigenvalue weighted by Crippen LogP contribution is 2.30. The summed E-state index contributed by atoms with van der Waals surface area (Å²) in [5.41, 5.74) is 3.09. The second-order valence-electron chi connectivity index (χ2n) is 6.22. The summed E-state index contributed by atoms with van der Waals surface area (Å²) in [6, 6.07) is 19.1. The smallest absolute Gasteiger partial charge is 0.161 e. The molecule has 0 amide bonds. The fourth-order valence-corrected chi connectivity index (χ4v) is 3.24. The van der Waals surface area contributed by atoms with Crippen LogP contribution in [-0.4, -0.2) is 7.11 Å². The first kappa shape index (κ1) is 23.7. The van der Waals surface area contributed by atoms with E-state index in [-0.39, 0.29) is 12.4 Å². The van der Waals surface area contributed by atoms with E-state index in [0.29, 0.717) is 41.2 Å². The third-order valence-corrected chi connectivity index (χ3v) is 5.32. The Balaban J connectivity index is 0.00000300. The van der Waals surface area contributed by atoms with E-state index >= 15 is 0 Å². The summed E-state index contributed by atoms with van der Waals surface area (Å²) in [6.45, 7) is 1.75. The molecule has 0 fully saturated rings. The maximum Gasteiger partial charge on any atom is 0.161 e. The molecule has 1 N–H and O–H groups in total. The standard InChI is InChI=1S/C22H20Cl3NO2.ClH/c1-27-22-11-15(12-26-13-17-4-2-3-5-18(17)23)7-9-21(22)28-14-16-6-8-19(24)20(25)10-16;/h2-11,26H,12-14H2,1H3;1H. The van der Waals surface area contributed by atoms with Crippen LogP contribution in [0.4, 0.5) is 0 Å². The van der Waals surface area contributed by atoms with E-state index < -0.39 is 0 Å². The van der Waals surface area contributed by atoms with Crippen molar-refractivity contribution in [2.24, 2.45) is 0 Å². The Morgan fingerprint density at radius 2 is 1.52 bits per heavy atom. The Hall–Kier alpha value is -1.62. The lowest BCUT2D eigenvalue weighted by Gasteiger charge is -2.13. The van der Waals surface area contributed by atoms with Gasteiger partial charge in [-0.1, -0.05) is 65.1 Å². The summed E-state index contributed by atoms with van der Waals surface area (Å²) in [7, 11) is 1.63. The van der Waals surface area contributed by atoms with E-state index in [4.69, 9.17) is 44.3 Å². The molecule has 0 unspecified atom stereocenters. The van der Waals surface area contributed by atoms with Crippen molar-refractivity contribution < 1.29 is 9.47 Å². The van der Waals surface area contributed by atoms with Gasteiger partial charge in [-0.25, -0.2) is 0 Å². The fraction of sp³-hybridized carbons (Fsp3) is 0.182. The van der Waals surface area contributed by atoms with Crippen LogP contribution in [0.5, 0.6) is 11.5 Å². The molecule has 0 heterocycles. The largest absolute Gasteiger partial charge is 0.493 e. The molecule has 154 valence electrons. The van der Waals surface area contributed by atoms with Crippen LogP contribution in [0.15, 0.2) is 60.7 Å². The van der Waals surface area contributed by atoms with E-state index in [2.05, 4.69) is 5.32 Å². The predicted molar refractivity (Wildman–Crippen MR) is 123 cm³/mol. The average molecular weight is 473 g/mol. The zero-order valence-corrected chi connectivity index (χ0v) is 18.8. The molecule has 0 saturated carbocycles. The summed E-state index contributed by atoms with van der Waals surface area (Å²) >= 11 is 18.2. The van der Waals surface area contributed by atoms with Gasteiger partial charge < -0.3 is 14.8 Å². The minimum Gasteiger partial charge on any atom is -0.493 e. The summed E-state index contributed by atoms with van der Waals surface area (Å²) in [5.74, 6) is 1.35. The van der Waals surface area contributed by atoms with Gasteiger partial charge in [-0.2, -0.15) is 0 Å². The number of nitrogens with one attached hydrogen (secondary N) is 1. The van der Waals surface area contributed by atoms with Gasteiger partial charge >= 0.3 is 0 Å².